The molecule has 112 valence electrons. The summed E-state index contributed by atoms with van der Waals surface area (Å²) in [5.41, 5.74) is 0.956. The molecule has 2 aromatic carbocycles. The van der Waals surface area contributed by atoms with Gasteiger partial charge in [-0.2, -0.15) is 0 Å². The van der Waals surface area contributed by atoms with Crippen LogP contribution in [0.25, 0.3) is 0 Å². The molecule has 2 rings (SSSR count). The molecule has 0 heterocycles. The predicted molar refractivity (Wildman–Crippen MR) is 76.4 cm³/mol. The summed E-state index contributed by atoms with van der Waals surface area (Å²) in [6.45, 7) is 0.171. The molecule has 0 spiro atoms. The largest absolute Gasteiger partial charge is 0.381 e. The first-order valence-electron chi connectivity index (χ1n) is 6.14. The Bertz CT molecular complexity index is 731. The maximum Gasteiger partial charge on any atom is 0.240 e. The molecule has 21 heavy (non-hydrogen) atoms. The van der Waals surface area contributed by atoms with Crippen molar-refractivity contribution >= 4 is 15.7 Å². The zero-order valence-corrected chi connectivity index (χ0v) is 12.0. The molecule has 0 atom stereocenters. The highest BCUT2D eigenvalue weighted by Gasteiger charge is 2.10. The average molecular weight is 312 g/mol. The van der Waals surface area contributed by atoms with Crippen LogP contribution < -0.4 is 10.0 Å². The van der Waals surface area contributed by atoms with Crippen LogP contribution in [0.4, 0.5) is 14.5 Å². The first-order chi connectivity index (χ1) is 9.92. The Morgan fingerprint density at radius 3 is 2.29 bits per heavy atom. The van der Waals surface area contributed by atoms with Crippen molar-refractivity contribution in [2.24, 2.45) is 0 Å². The minimum Gasteiger partial charge on any atom is -0.381 e. The van der Waals surface area contributed by atoms with E-state index in [1.807, 2.05) is 0 Å². The minimum atomic E-state index is -3.47. The van der Waals surface area contributed by atoms with Crippen molar-refractivity contribution in [3.05, 3.63) is 59.7 Å². The molecule has 0 amide bonds. The first kappa shape index (κ1) is 15.4. The number of sulfonamides is 1. The standard InChI is InChI=1S/C14H14F2N2O2S/c1-17-21(19,20)13-6-4-12(5-7-13)18-9-10-2-3-11(15)8-14(10)16/h2-8,17-18H,9H2,1H3. The second kappa shape index (κ2) is 6.19. The number of hydrogen-bond acceptors (Lipinski definition) is 3. The van der Waals surface area contributed by atoms with Gasteiger partial charge in [0, 0.05) is 23.9 Å². The van der Waals surface area contributed by atoms with Crippen LogP contribution in [0, 0.1) is 11.6 Å². The van der Waals surface area contributed by atoms with Crippen molar-refractivity contribution in [3.63, 3.8) is 0 Å². The average Bonchev–Trinajstić information content (AvgIpc) is 2.47. The lowest BCUT2D eigenvalue weighted by Crippen LogP contribution is -2.18. The molecule has 0 aliphatic carbocycles. The van der Waals surface area contributed by atoms with Gasteiger partial charge < -0.3 is 5.32 Å². The Kier molecular flexibility index (Phi) is 4.54. The van der Waals surface area contributed by atoms with E-state index in [1.165, 1.54) is 31.3 Å². The molecular formula is C14H14F2N2O2S. The monoisotopic (exact) mass is 312 g/mol. The van der Waals surface area contributed by atoms with E-state index in [-0.39, 0.29) is 11.4 Å². The summed E-state index contributed by atoms with van der Waals surface area (Å²) >= 11 is 0. The van der Waals surface area contributed by atoms with E-state index >= 15 is 0 Å². The van der Waals surface area contributed by atoms with Gasteiger partial charge in [-0.15, -0.1) is 0 Å². The van der Waals surface area contributed by atoms with Crippen LogP contribution in [0.3, 0.4) is 0 Å². The molecule has 0 aromatic heterocycles. The van der Waals surface area contributed by atoms with Gasteiger partial charge in [-0.3, -0.25) is 0 Å². The lowest BCUT2D eigenvalue weighted by atomic mass is 10.2. The fourth-order valence-electron chi connectivity index (χ4n) is 1.73. The van der Waals surface area contributed by atoms with E-state index in [0.29, 0.717) is 11.3 Å². The Balaban J connectivity index is 2.07. The highest BCUT2D eigenvalue weighted by atomic mass is 32.2. The molecule has 2 aromatic rings. The molecule has 0 bridgehead atoms. The van der Waals surface area contributed by atoms with Crippen molar-refractivity contribution < 1.29 is 17.2 Å². The molecule has 0 unspecified atom stereocenters. The number of rotatable bonds is 5. The van der Waals surface area contributed by atoms with E-state index < -0.39 is 21.7 Å². The molecule has 0 aliphatic heterocycles. The third-order valence-corrected chi connectivity index (χ3v) is 4.36. The SMILES string of the molecule is CNS(=O)(=O)c1ccc(NCc2ccc(F)cc2F)cc1. The molecule has 4 nitrogen and oxygen atoms in total. The van der Waals surface area contributed by atoms with Gasteiger partial charge in [0.15, 0.2) is 0 Å². The van der Waals surface area contributed by atoms with Crippen molar-refractivity contribution in [3.8, 4) is 0 Å². The summed E-state index contributed by atoms with van der Waals surface area (Å²) < 4.78 is 51.5. The van der Waals surface area contributed by atoms with Gasteiger partial charge in [0.25, 0.3) is 0 Å². The van der Waals surface area contributed by atoms with Crippen molar-refractivity contribution in [2.45, 2.75) is 11.4 Å². The van der Waals surface area contributed by atoms with E-state index in [4.69, 9.17) is 0 Å². The summed E-state index contributed by atoms with van der Waals surface area (Å²) in [4.78, 5) is 0.142. The second-order valence-corrected chi connectivity index (χ2v) is 6.21. The van der Waals surface area contributed by atoms with Crippen molar-refractivity contribution in [1.82, 2.24) is 4.72 Å². The second-order valence-electron chi connectivity index (χ2n) is 4.32. The van der Waals surface area contributed by atoms with Crippen molar-refractivity contribution in [1.29, 1.82) is 0 Å². The maximum atomic E-state index is 13.5. The molecule has 0 saturated carbocycles. The first-order valence-corrected chi connectivity index (χ1v) is 7.62. The quantitative estimate of drug-likeness (QED) is 0.892. The highest BCUT2D eigenvalue weighted by Crippen LogP contribution is 2.16. The van der Waals surface area contributed by atoms with Gasteiger partial charge in [0.2, 0.25) is 10.0 Å². The fraction of sp³-hybridized carbons (Fsp3) is 0.143. The lowest BCUT2D eigenvalue weighted by Gasteiger charge is -2.08. The van der Waals surface area contributed by atoms with Crippen LogP contribution in [0.1, 0.15) is 5.56 Å². The van der Waals surface area contributed by atoms with Crippen LogP contribution in [-0.2, 0) is 16.6 Å². The van der Waals surface area contributed by atoms with Crippen LogP contribution in [0.15, 0.2) is 47.4 Å². The summed E-state index contributed by atoms with van der Waals surface area (Å²) in [6, 6.07) is 9.39. The van der Waals surface area contributed by atoms with Gasteiger partial charge in [-0.25, -0.2) is 21.9 Å². The van der Waals surface area contributed by atoms with Crippen LogP contribution in [0.2, 0.25) is 0 Å². The highest BCUT2D eigenvalue weighted by molar-refractivity contribution is 7.89. The molecule has 0 aliphatic rings. The van der Waals surface area contributed by atoms with Gasteiger partial charge in [0.1, 0.15) is 11.6 Å². The summed E-state index contributed by atoms with van der Waals surface area (Å²) in [6.07, 6.45) is 0. The maximum absolute atomic E-state index is 13.5. The number of benzene rings is 2. The number of nitrogens with one attached hydrogen (secondary N) is 2. The normalized spacial score (nSPS) is 11.4. The van der Waals surface area contributed by atoms with Gasteiger partial charge in [-0.05, 0) is 37.4 Å². The Morgan fingerprint density at radius 2 is 1.71 bits per heavy atom. The number of halogens is 2. The number of hydrogen-bond donors (Lipinski definition) is 2. The zero-order chi connectivity index (χ0) is 15.5. The summed E-state index contributed by atoms with van der Waals surface area (Å²) in [5.74, 6) is -1.25. The lowest BCUT2D eigenvalue weighted by molar-refractivity contribution is 0.574. The minimum absolute atomic E-state index is 0.142. The molecular weight excluding hydrogens is 298 g/mol. The molecule has 7 heteroatoms. The Hall–Kier alpha value is -1.99. The Labute approximate surface area is 121 Å². The smallest absolute Gasteiger partial charge is 0.240 e. The van der Waals surface area contributed by atoms with Crippen LogP contribution >= 0.6 is 0 Å². The van der Waals surface area contributed by atoms with Gasteiger partial charge >= 0.3 is 0 Å². The van der Waals surface area contributed by atoms with Crippen molar-refractivity contribution in [2.75, 3.05) is 12.4 Å². The Morgan fingerprint density at radius 1 is 1.05 bits per heavy atom. The number of anilines is 1. The fourth-order valence-corrected chi connectivity index (χ4v) is 2.46. The zero-order valence-electron chi connectivity index (χ0n) is 11.2. The van der Waals surface area contributed by atoms with E-state index in [0.717, 1.165) is 6.07 Å². The summed E-state index contributed by atoms with van der Waals surface area (Å²) in [7, 11) is -2.14. The third kappa shape index (κ3) is 3.77. The summed E-state index contributed by atoms with van der Waals surface area (Å²) in [5, 5.41) is 2.94. The molecule has 0 fully saturated rings. The van der Waals surface area contributed by atoms with Crippen LogP contribution in [0.5, 0.6) is 0 Å². The van der Waals surface area contributed by atoms with Gasteiger partial charge in [-0.1, -0.05) is 6.07 Å². The van der Waals surface area contributed by atoms with Gasteiger partial charge in [0.05, 0.1) is 4.90 Å². The van der Waals surface area contributed by atoms with E-state index in [2.05, 4.69) is 10.0 Å². The topological polar surface area (TPSA) is 58.2 Å². The van der Waals surface area contributed by atoms with Crippen LogP contribution in [-0.4, -0.2) is 15.5 Å². The molecule has 2 N–H and O–H groups in total. The third-order valence-electron chi connectivity index (χ3n) is 2.93. The van der Waals surface area contributed by atoms with E-state index in [9.17, 15) is 17.2 Å². The molecule has 0 radical (unpaired) electrons. The van der Waals surface area contributed by atoms with E-state index in [1.54, 1.807) is 12.1 Å². The predicted octanol–water partition coefficient (Wildman–Crippen LogP) is 2.49. The molecule has 0 saturated heterocycles.